The highest BCUT2D eigenvalue weighted by Crippen LogP contribution is 2.20. The van der Waals surface area contributed by atoms with Crippen molar-refractivity contribution in [3.63, 3.8) is 0 Å². The fraction of sp³-hybridized carbons (Fsp3) is 0.200. The van der Waals surface area contributed by atoms with Gasteiger partial charge in [-0.3, -0.25) is 9.59 Å². The third kappa shape index (κ3) is 4.43. The van der Waals surface area contributed by atoms with E-state index in [-0.39, 0.29) is 24.6 Å². The van der Waals surface area contributed by atoms with E-state index in [2.05, 4.69) is 21.2 Å². The highest BCUT2D eigenvalue weighted by atomic mass is 79.9. The van der Waals surface area contributed by atoms with E-state index in [1.165, 1.54) is 10.6 Å². The maximum absolute atomic E-state index is 12.0. The standard InChI is InChI=1S/C15H14BrClN2O3/c16-10-4-5-13(17)12(7-10)15(22)18-8-11(20)9-19-6-2-1-3-14(19)21/h1-7,11,20H,8-9H2,(H,18,22). The predicted octanol–water partition coefficient (Wildman–Crippen LogP) is 2.06. The van der Waals surface area contributed by atoms with Crippen molar-refractivity contribution in [2.24, 2.45) is 0 Å². The largest absolute Gasteiger partial charge is 0.389 e. The Morgan fingerprint density at radius 1 is 1.36 bits per heavy atom. The van der Waals surface area contributed by atoms with E-state index < -0.39 is 6.10 Å². The van der Waals surface area contributed by atoms with Crippen LogP contribution < -0.4 is 10.9 Å². The van der Waals surface area contributed by atoms with E-state index in [0.717, 1.165) is 4.47 Å². The Morgan fingerprint density at radius 3 is 2.86 bits per heavy atom. The molecular formula is C15H14BrClN2O3. The number of amides is 1. The molecule has 0 aliphatic rings. The van der Waals surface area contributed by atoms with Crippen LogP contribution in [0.5, 0.6) is 0 Å². The number of hydrogen-bond donors (Lipinski definition) is 2. The van der Waals surface area contributed by atoms with Crippen LogP contribution in [0.25, 0.3) is 0 Å². The van der Waals surface area contributed by atoms with E-state index in [1.54, 1.807) is 36.5 Å². The van der Waals surface area contributed by atoms with Crippen LogP contribution in [0.3, 0.4) is 0 Å². The number of hydrogen-bond acceptors (Lipinski definition) is 3. The molecular weight excluding hydrogens is 372 g/mol. The zero-order chi connectivity index (χ0) is 16.1. The number of halogens is 2. The van der Waals surface area contributed by atoms with Crippen molar-refractivity contribution in [2.45, 2.75) is 12.6 Å². The van der Waals surface area contributed by atoms with Gasteiger partial charge in [-0.1, -0.05) is 33.6 Å². The molecule has 1 amide bonds. The van der Waals surface area contributed by atoms with Crippen LogP contribution in [0.2, 0.25) is 5.02 Å². The van der Waals surface area contributed by atoms with Gasteiger partial charge in [-0.15, -0.1) is 0 Å². The van der Waals surface area contributed by atoms with Crippen molar-refractivity contribution in [2.75, 3.05) is 6.54 Å². The summed E-state index contributed by atoms with van der Waals surface area (Å²) in [7, 11) is 0. The molecule has 0 saturated heterocycles. The summed E-state index contributed by atoms with van der Waals surface area (Å²) >= 11 is 9.24. The molecule has 0 spiro atoms. The molecule has 1 heterocycles. The van der Waals surface area contributed by atoms with Crippen molar-refractivity contribution in [3.05, 3.63) is 68.0 Å². The second-order valence-electron chi connectivity index (χ2n) is 4.68. The molecule has 116 valence electrons. The molecule has 7 heteroatoms. The van der Waals surface area contributed by atoms with Crippen LogP contribution in [-0.2, 0) is 6.54 Å². The quantitative estimate of drug-likeness (QED) is 0.827. The molecule has 5 nitrogen and oxygen atoms in total. The molecule has 22 heavy (non-hydrogen) atoms. The van der Waals surface area contributed by atoms with Crippen LogP contribution >= 0.6 is 27.5 Å². The van der Waals surface area contributed by atoms with Gasteiger partial charge in [0.15, 0.2) is 0 Å². The number of rotatable bonds is 5. The highest BCUT2D eigenvalue weighted by molar-refractivity contribution is 9.10. The molecule has 0 saturated carbocycles. The second kappa shape index (κ2) is 7.58. The van der Waals surface area contributed by atoms with E-state index >= 15 is 0 Å². The number of aromatic nitrogens is 1. The van der Waals surface area contributed by atoms with Gasteiger partial charge in [-0.05, 0) is 24.3 Å². The lowest BCUT2D eigenvalue weighted by atomic mass is 10.2. The summed E-state index contributed by atoms with van der Waals surface area (Å²) in [5.41, 5.74) is 0.114. The summed E-state index contributed by atoms with van der Waals surface area (Å²) < 4.78 is 2.11. The summed E-state index contributed by atoms with van der Waals surface area (Å²) in [6, 6.07) is 9.69. The lowest BCUT2D eigenvalue weighted by Gasteiger charge is -2.14. The first kappa shape index (κ1) is 16.7. The molecule has 0 fully saturated rings. The summed E-state index contributed by atoms with van der Waals surface area (Å²) in [5.74, 6) is -0.384. The van der Waals surface area contributed by atoms with Crippen molar-refractivity contribution in [1.29, 1.82) is 0 Å². The monoisotopic (exact) mass is 384 g/mol. The van der Waals surface area contributed by atoms with E-state index in [4.69, 9.17) is 11.6 Å². The van der Waals surface area contributed by atoms with Crippen LogP contribution in [0.4, 0.5) is 0 Å². The summed E-state index contributed by atoms with van der Waals surface area (Å²) in [6.07, 6.45) is 0.702. The molecule has 2 aromatic rings. The number of carbonyl (C=O) groups is 1. The Morgan fingerprint density at radius 2 is 2.14 bits per heavy atom. The summed E-state index contributed by atoms with van der Waals surface area (Å²) in [6.45, 7) is 0.120. The Balaban J connectivity index is 1.95. The average molecular weight is 386 g/mol. The zero-order valence-corrected chi connectivity index (χ0v) is 13.8. The first-order chi connectivity index (χ1) is 10.5. The van der Waals surface area contributed by atoms with Crippen LogP contribution in [0.1, 0.15) is 10.4 Å². The van der Waals surface area contributed by atoms with Gasteiger partial charge in [-0.2, -0.15) is 0 Å². The minimum Gasteiger partial charge on any atom is -0.389 e. The SMILES string of the molecule is O=C(NCC(O)Cn1ccccc1=O)c1cc(Br)ccc1Cl. The van der Waals surface area contributed by atoms with Crippen molar-refractivity contribution in [1.82, 2.24) is 9.88 Å². The number of nitrogens with zero attached hydrogens (tertiary/aromatic N) is 1. The number of carbonyl (C=O) groups excluding carboxylic acids is 1. The Kier molecular flexibility index (Phi) is 5.76. The van der Waals surface area contributed by atoms with Crippen LogP contribution in [-0.4, -0.2) is 28.2 Å². The minimum atomic E-state index is -0.880. The van der Waals surface area contributed by atoms with Crippen molar-refractivity contribution in [3.8, 4) is 0 Å². The van der Waals surface area contributed by atoms with Crippen LogP contribution in [0.15, 0.2) is 51.9 Å². The van der Waals surface area contributed by atoms with Gasteiger partial charge >= 0.3 is 0 Å². The lowest BCUT2D eigenvalue weighted by molar-refractivity contribution is 0.0903. The third-order valence-electron chi connectivity index (χ3n) is 2.98. The van der Waals surface area contributed by atoms with Gasteiger partial charge < -0.3 is 15.0 Å². The van der Waals surface area contributed by atoms with Gasteiger partial charge in [0, 0.05) is 23.3 Å². The molecule has 1 aromatic carbocycles. The second-order valence-corrected chi connectivity index (χ2v) is 6.00. The van der Waals surface area contributed by atoms with Gasteiger partial charge in [0.1, 0.15) is 0 Å². The minimum absolute atomic E-state index is 0.0169. The molecule has 0 radical (unpaired) electrons. The van der Waals surface area contributed by atoms with E-state index in [1.807, 2.05) is 0 Å². The highest BCUT2D eigenvalue weighted by Gasteiger charge is 2.13. The zero-order valence-electron chi connectivity index (χ0n) is 11.5. The topological polar surface area (TPSA) is 71.3 Å². The maximum atomic E-state index is 12.0. The normalized spacial score (nSPS) is 12.0. The van der Waals surface area contributed by atoms with Gasteiger partial charge in [0.25, 0.3) is 11.5 Å². The smallest absolute Gasteiger partial charge is 0.252 e. The number of pyridine rings is 1. The van der Waals surface area contributed by atoms with Crippen LogP contribution in [0, 0.1) is 0 Å². The molecule has 1 atom stereocenters. The summed E-state index contributed by atoms with van der Waals surface area (Å²) in [5, 5.41) is 12.9. The molecule has 2 rings (SSSR count). The Bertz CT molecular complexity index is 733. The Hall–Kier alpha value is -1.63. The van der Waals surface area contributed by atoms with Gasteiger partial charge in [-0.25, -0.2) is 0 Å². The number of aliphatic hydroxyl groups is 1. The predicted molar refractivity (Wildman–Crippen MR) is 88.2 cm³/mol. The average Bonchev–Trinajstić information content (AvgIpc) is 2.49. The number of nitrogens with one attached hydrogen (secondary N) is 1. The molecule has 1 unspecified atom stereocenters. The molecule has 2 N–H and O–H groups in total. The number of aliphatic hydroxyl groups excluding tert-OH is 1. The third-order valence-corrected chi connectivity index (χ3v) is 3.80. The first-order valence-corrected chi connectivity index (χ1v) is 7.71. The van der Waals surface area contributed by atoms with Crippen molar-refractivity contribution < 1.29 is 9.90 Å². The van der Waals surface area contributed by atoms with E-state index in [9.17, 15) is 14.7 Å². The van der Waals surface area contributed by atoms with E-state index in [0.29, 0.717) is 10.6 Å². The molecule has 1 aromatic heterocycles. The lowest BCUT2D eigenvalue weighted by Crippen LogP contribution is -2.36. The molecule has 0 aliphatic carbocycles. The maximum Gasteiger partial charge on any atom is 0.252 e. The van der Waals surface area contributed by atoms with Gasteiger partial charge in [0.05, 0.1) is 23.2 Å². The number of benzene rings is 1. The molecule has 0 aliphatic heterocycles. The van der Waals surface area contributed by atoms with Gasteiger partial charge in [0.2, 0.25) is 0 Å². The fourth-order valence-corrected chi connectivity index (χ4v) is 2.44. The van der Waals surface area contributed by atoms with Crippen molar-refractivity contribution >= 4 is 33.4 Å². The molecule has 0 bridgehead atoms. The fourth-order valence-electron chi connectivity index (χ4n) is 1.88. The Labute approximate surface area is 140 Å². The summed E-state index contributed by atoms with van der Waals surface area (Å²) in [4.78, 5) is 23.6. The first-order valence-electron chi connectivity index (χ1n) is 6.54.